The van der Waals surface area contributed by atoms with Crippen LogP contribution in [0.15, 0.2) is 16.5 Å². The minimum Gasteiger partial charge on any atom is -0.440 e. The van der Waals surface area contributed by atoms with Crippen molar-refractivity contribution < 1.29 is 23.1 Å². The van der Waals surface area contributed by atoms with Crippen molar-refractivity contribution in [3.63, 3.8) is 0 Å². The van der Waals surface area contributed by atoms with E-state index in [-0.39, 0.29) is 11.0 Å². The maximum atomic E-state index is 11.8. The highest BCUT2D eigenvalue weighted by Gasteiger charge is 2.18. The molecular weight excluding hydrogens is 232 g/mol. The van der Waals surface area contributed by atoms with Gasteiger partial charge in [0.05, 0.1) is 0 Å². The Kier molecular flexibility index (Phi) is 4.05. The molecule has 0 aliphatic heterocycles. The average Bonchev–Trinajstić information content (AvgIpc) is 2.60. The van der Waals surface area contributed by atoms with Crippen LogP contribution in [0.5, 0.6) is 0 Å². The quantitative estimate of drug-likeness (QED) is 0.832. The van der Waals surface area contributed by atoms with Crippen molar-refractivity contribution in [1.82, 2.24) is 5.32 Å². The van der Waals surface area contributed by atoms with Crippen molar-refractivity contribution in [1.29, 1.82) is 0 Å². The summed E-state index contributed by atoms with van der Waals surface area (Å²) in [6.07, 6.45) is -4.79. The van der Waals surface area contributed by atoms with E-state index in [4.69, 9.17) is 21.1 Å². The van der Waals surface area contributed by atoms with Gasteiger partial charge in [-0.25, -0.2) is 8.78 Å². The first-order valence-corrected chi connectivity index (χ1v) is 4.38. The predicted molar refractivity (Wildman–Crippen MR) is 48.1 cm³/mol. The van der Waals surface area contributed by atoms with E-state index in [0.29, 0.717) is 0 Å². The van der Waals surface area contributed by atoms with Crippen LogP contribution in [0.25, 0.3) is 0 Å². The molecule has 0 fully saturated rings. The number of hydrogen-bond donors (Lipinski definition) is 2. The first kappa shape index (κ1) is 11.9. The van der Waals surface area contributed by atoms with Gasteiger partial charge in [-0.15, -0.1) is 0 Å². The smallest absolute Gasteiger partial charge is 0.287 e. The van der Waals surface area contributed by atoms with E-state index in [2.05, 4.69) is 5.32 Å². The second-order valence-electron chi connectivity index (χ2n) is 2.72. The van der Waals surface area contributed by atoms with Crippen LogP contribution >= 0.6 is 11.6 Å². The zero-order valence-corrected chi connectivity index (χ0v) is 8.17. The molecule has 1 aromatic heterocycles. The van der Waals surface area contributed by atoms with Crippen molar-refractivity contribution in [2.75, 3.05) is 6.54 Å². The molecule has 0 saturated heterocycles. The Morgan fingerprint density at radius 3 is 2.73 bits per heavy atom. The SMILES string of the molecule is O=C(NCC(O)C(F)F)c1ccc(Cl)o1. The van der Waals surface area contributed by atoms with Gasteiger partial charge in [-0.3, -0.25) is 4.79 Å². The van der Waals surface area contributed by atoms with Gasteiger partial charge < -0.3 is 14.8 Å². The Bertz CT molecular complexity index is 342. The van der Waals surface area contributed by atoms with E-state index in [1.54, 1.807) is 0 Å². The van der Waals surface area contributed by atoms with Gasteiger partial charge in [0.15, 0.2) is 11.0 Å². The third-order valence-corrected chi connectivity index (χ3v) is 1.76. The van der Waals surface area contributed by atoms with Crippen LogP contribution in [0.3, 0.4) is 0 Å². The topological polar surface area (TPSA) is 62.5 Å². The van der Waals surface area contributed by atoms with Crippen LogP contribution in [0.1, 0.15) is 10.6 Å². The lowest BCUT2D eigenvalue weighted by atomic mass is 10.3. The minimum absolute atomic E-state index is 0.0227. The minimum atomic E-state index is -2.90. The summed E-state index contributed by atoms with van der Waals surface area (Å²) in [5.41, 5.74) is 0. The van der Waals surface area contributed by atoms with Gasteiger partial charge in [0.2, 0.25) is 0 Å². The number of carbonyl (C=O) groups excluding carboxylic acids is 1. The molecule has 1 unspecified atom stereocenters. The van der Waals surface area contributed by atoms with Gasteiger partial charge in [0, 0.05) is 6.54 Å². The summed E-state index contributed by atoms with van der Waals surface area (Å²) in [7, 11) is 0. The number of furan rings is 1. The van der Waals surface area contributed by atoms with Crippen LogP contribution in [0.4, 0.5) is 8.78 Å². The molecule has 2 N–H and O–H groups in total. The molecule has 0 radical (unpaired) electrons. The molecule has 0 aromatic carbocycles. The second kappa shape index (κ2) is 5.09. The highest BCUT2D eigenvalue weighted by Crippen LogP contribution is 2.12. The van der Waals surface area contributed by atoms with Crippen LogP contribution < -0.4 is 5.32 Å². The molecule has 4 nitrogen and oxygen atoms in total. The zero-order valence-electron chi connectivity index (χ0n) is 7.41. The molecule has 7 heteroatoms. The molecule has 1 amide bonds. The number of nitrogens with one attached hydrogen (secondary N) is 1. The van der Waals surface area contributed by atoms with Gasteiger partial charge in [-0.05, 0) is 23.7 Å². The highest BCUT2D eigenvalue weighted by atomic mass is 35.5. The van der Waals surface area contributed by atoms with E-state index in [0.717, 1.165) is 0 Å². The number of hydrogen-bond acceptors (Lipinski definition) is 3. The molecule has 1 rings (SSSR count). The maximum absolute atomic E-state index is 11.8. The van der Waals surface area contributed by atoms with Gasteiger partial charge in [-0.1, -0.05) is 0 Å². The molecule has 84 valence electrons. The summed E-state index contributed by atoms with van der Waals surface area (Å²) in [5, 5.41) is 10.8. The number of alkyl halides is 2. The summed E-state index contributed by atoms with van der Waals surface area (Å²) < 4.78 is 28.4. The van der Waals surface area contributed by atoms with Crippen molar-refractivity contribution in [3.8, 4) is 0 Å². The average molecular weight is 240 g/mol. The van der Waals surface area contributed by atoms with Crippen LogP contribution in [0, 0.1) is 0 Å². The lowest BCUT2D eigenvalue weighted by Gasteiger charge is -2.09. The number of halogens is 3. The molecule has 15 heavy (non-hydrogen) atoms. The third-order valence-electron chi connectivity index (χ3n) is 1.56. The number of carbonyl (C=O) groups is 1. The molecule has 0 aliphatic rings. The van der Waals surface area contributed by atoms with Gasteiger partial charge >= 0.3 is 0 Å². The van der Waals surface area contributed by atoms with Crippen molar-refractivity contribution >= 4 is 17.5 Å². The summed E-state index contributed by atoms with van der Waals surface area (Å²) >= 11 is 5.40. The standard InChI is InChI=1S/C8H8ClF2NO3/c9-6-2-1-5(15-6)8(14)12-3-4(13)7(10)11/h1-2,4,7,13H,3H2,(H,12,14). The third kappa shape index (κ3) is 3.49. The van der Waals surface area contributed by atoms with E-state index in [9.17, 15) is 13.6 Å². The molecule has 0 saturated carbocycles. The van der Waals surface area contributed by atoms with Crippen molar-refractivity contribution in [2.24, 2.45) is 0 Å². The van der Waals surface area contributed by atoms with Gasteiger partial charge in [-0.2, -0.15) is 0 Å². The molecule has 0 aliphatic carbocycles. The fourth-order valence-electron chi connectivity index (χ4n) is 0.810. The van der Waals surface area contributed by atoms with E-state index in [1.807, 2.05) is 0 Å². The number of amides is 1. The predicted octanol–water partition coefficient (Wildman–Crippen LogP) is 1.29. The van der Waals surface area contributed by atoms with Crippen LogP contribution in [-0.2, 0) is 0 Å². The summed E-state index contributed by atoms with van der Waals surface area (Å²) in [5.74, 6) is -0.803. The first-order valence-electron chi connectivity index (χ1n) is 4.00. The Labute approximate surface area is 88.8 Å². The molecule has 1 aromatic rings. The first-order chi connectivity index (χ1) is 7.00. The monoisotopic (exact) mass is 239 g/mol. The number of aliphatic hydroxyl groups excluding tert-OH is 1. The van der Waals surface area contributed by atoms with Gasteiger partial charge in [0.25, 0.3) is 12.3 Å². The van der Waals surface area contributed by atoms with Gasteiger partial charge in [0.1, 0.15) is 6.10 Å². The summed E-state index contributed by atoms with van der Waals surface area (Å²) in [6.45, 7) is -0.547. The number of aliphatic hydroxyl groups is 1. The Balaban J connectivity index is 2.43. The molecule has 1 atom stereocenters. The fraction of sp³-hybridized carbons (Fsp3) is 0.375. The van der Waals surface area contributed by atoms with E-state index >= 15 is 0 Å². The van der Waals surface area contributed by atoms with E-state index < -0.39 is 25.0 Å². The zero-order chi connectivity index (χ0) is 11.4. The molecular formula is C8H8ClF2NO3. The lowest BCUT2D eigenvalue weighted by Crippen LogP contribution is -2.35. The largest absolute Gasteiger partial charge is 0.440 e. The van der Waals surface area contributed by atoms with Crippen LogP contribution in [0.2, 0.25) is 5.22 Å². The molecule has 0 spiro atoms. The Hall–Kier alpha value is -1.14. The van der Waals surface area contributed by atoms with Crippen molar-refractivity contribution in [2.45, 2.75) is 12.5 Å². The van der Waals surface area contributed by atoms with Crippen molar-refractivity contribution in [3.05, 3.63) is 23.1 Å². The lowest BCUT2D eigenvalue weighted by molar-refractivity contribution is -0.00283. The molecule has 1 heterocycles. The normalized spacial score (nSPS) is 12.9. The summed E-state index contributed by atoms with van der Waals surface area (Å²) in [6, 6.07) is 2.65. The number of rotatable bonds is 4. The van der Waals surface area contributed by atoms with Crippen LogP contribution in [-0.4, -0.2) is 30.1 Å². The second-order valence-corrected chi connectivity index (χ2v) is 3.09. The molecule has 0 bridgehead atoms. The fourth-order valence-corrected chi connectivity index (χ4v) is 0.956. The summed E-state index contributed by atoms with van der Waals surface area (Å²) in [4.78, 5) is 11.2. The maximum Gasteiger partial charge on any atom is 0.287 e. The Morgan fingerprint density at radius 2 is 2.27 bits per heavy atom. The Morgan fingerprint density at radius 1 is 1.60 bits per heavy atom. The van der Waals surface area contributed by atoms with E-state index in [1.165, 1.54) is 12.1 Å². The highest BCUT2D eigenvalue weighted by molar-refractivity contribution is 6.29.